The average molecular weight is 709 g/mol. The lowest BCUT2D eigenvalue weighted by molar-refractivity contribution is -0.274. The Balaban J connectivity index is 0. The summed E-state index contributed by atoms with van der Waals surface area (Å²) in [6.07, 6.45) is -3.06. The maximum absolute atomic E-state index is 12.4. The van der Waals surface area contributed by atoms with Crippen molar-refractivity contribution in [1.29, 1.82) is 0 Å². The number of hydrogen-bond donors (Lipinski definition) is 0. The highest BCUT2D eigenvalue weighted by Gasteiger charge is 2.31. The molecule has 0 atom stereocenters. The molecule has 0 aliphatic carbocycles. The quantitative estimate of drug-likeness (QED) is 0.0616. The molecule has 0 N–H and O–H groups in total. The van der Waals surface area contributed by atoms with Crippen molar-refractivity contribution in [2.75, 3.05) is 6.79 Å². The summed E-state index contributed by atoms with van der Waals surface area (Å²) in [4.78, 5) is 12.0. The van der Waals surface area contributed by atoms with Gasteiger partial charge in [-0.05, 0) is 91.4 Å². The van der Waals surface area contributed by atoms with Crippen molar-refractivity contribution in [1.82, 2.24) is 0 Å². The number of allylic oxidation sites excluding steroid dienone is 2. The molecule has 3 aromatic rings. The first-order valence-electron chi connectivity index (χ1n) is 17.0. The Morgan fingerprint density at radius 1 is 0.796 bits per heavy atom. The van der Waals surface area contributed by atoms with Gasteiger partial charge in [0.05, 0.1) is 0 Å². The highest BCUT2D eigenvalue weighted by Crippen LogP contribution is 2.37. The second-order valence-electron chi connectivity index (χ2n) is 9.27. The molecule has 9 heteroatoms. The number of benzene rings is 3. The predicted octanol–water partition coefficient (Wildman–Crippen LogP) is 13.8. The van der Waals surface area contributed by atoms with Gasteiger partial charge in [-0.1, -0.05) is 106 Å². The first-order valence-corrected chi connectivity index (χ1v) is 17.4. The highest BCUT2D eigenvalue weighted by atomic mass is 35.5. The van der Waals surface area contributed by atoms with E-state index in [2.05, 4.69) is 11.3 Å². The Hall–Kier alpha value is -3.91. The fraction of sp³-hybridized carbons (Fsp3) is 0.425. The second-order valence-corrected chi connectivity index (χ2v) is 9.68. The lowest BCUT2D eigenvalue weighted by Gasteiger charge is -2.20. The van der Waals surface area contributed by atoms with Crippen LogP contribution in [0.15, 0.2) is 72.8 Å². The molecule has 0 spiro atoms. The summed E-state index contributed by atoms with van der Waals surface area (Å²) >= 11 is 6.57. The second kappa shape index (κ2) is 26.0. The summed E-state index contributed by atoms with van der Waals surface area (Å²) in [5.41, 5.74) is 4.79. The number of carbonyl (C=O) groups is 1. The van der Waals surface area contributed by atoms with Crippen LogP contribution in [-0.2, 0) is 20.7 Å². The van der Waals surface area contributed by atoms with Crippen molar-refractivity contribution < 1.29 is 36.9 Å². The predicted molar refractivity (Wildman–Crippen MR) is 199 cm³/mol. The summed E-state index contributed by atoms with van der Waals surface area (Å²) in [7, 11) is 0. The van der Waals surface area contributed by atoms with Crippen LogP contribution in [0.1, 0.15) is 111 Å². The summed E-state index contributed by atoms with van der Waals surface area (Å²) in [6.45, 7) is 27.6. The topological polar surface area (TPSA) is 54.0 Å². The lowest BCUT2D eigenvalue weighted by atomic mass is 9.93. The van der Waals surface area contributed by atoms with Crippen LogP contribution in [0.3, 0.4) is 0 Å². The molecule has 5 nitrogen and oxygen atoms in total. The number of rotatable bonds is 12. The Labute approximate surface area is 298 Å². The van der Waals surface area contributed by atoms with Crippen LogP contribution in [0, 0.1) is 6.92 Å². The molecule has 0 radical (unpaired) electrons. The van der Waals surface area contributed by atoms with E-state index in [1.165, 1.54) is 24.3 Å². The summed E-state index contributed by atoms with van der Waals surface area (Å²) in [6, 6.07) is 16.0. The number of esters is 1. The Bertz CT molecular complexity index is 1400. The van der Waals surface area contributed by atoms with Crippen molar-refractivity contribution in [2.45, 2.75) is 109 Å². The zero-order valence-corrected chi connectivity index (χ0v) is 32.1. The Kier molecular flexibility index (Phi) is 25.1. The van der Waals surface area contributed by atoms with E-state index in [-0.39, 0.29) is 24.9 Å². The van der Waals surface area contributed by atoms with Crippen LogP contribution in [0.5, 0.6) is 17.2 Å². The molecule has 0 unspecified atom stereocenters. The standard InChI is InChI=1S/C32H32ClF3O5.4C2H6/c1-6-8-29(37)38-19-39-31(27-18-28(33)22(7-2)17-21(27)5)30(20(3)4)23-9-11-24(12-10-23)40-25-13-15-26(16-14-25)41-32(34,35)36;4*1-2/h9-18H,3,6-8,19H2,1-2,4-5H3;4*1-2H3/b31-30-;;;;. The maximum atomic E-state index is 12.4. The van der Waals surface area contributed by atoms with Gasteiger partial charge < -0.3 is 18.9 Å². The minimum absolute atomic E-state index is 0.283. The summed E-state index contributed by atoms with van der Waals surface area (Å²) in [5.74, 6) is 0.549. The van der Waals surface area contributed by atoms with Crippen LogP contribution in [0.25, 0.3) is 11.3 Å². The third kappa shape index (κ3) is 16.8. The minimum Gasteiger partial charge on any atom is -0.457 e. The molecular formula is C40H56ClF3O5. The van der Waals surface area contributed by atoms with E-state index in [0.717, 1.165) is 28.7 Å². The van der Waals surface area contributed by atoms with Crippen molar-refractivity contribution in [3.05, 3.63) is 100 Å². The molecule has 0 aromatic heterocycles. The summed E-state index contributed by atoms with van der Waals surface area (Å²) < 4.78 is 58.3. The van der Waals surface area contributed by atoms with Gasteiger partial charge in [-0.3, -0.25) is 4.79 Å². The van der Waals surface area contributed by atoms with E-state index in [1.807, 2.05) is 107 Å². The van der Waals surface area contributed by atoms with Crippen molar-refractivity contribution in [2.24, 2.45) is 0 Å². The molecule has 0 aliphatic heterocycles. The van der Waals surface area contributed by atoms with Gasteiger partial charge in [0.2, 0.25) is 6.79 Å². The van der Waals surface area contributed by atoms with E-state index in [4.69, 9.17) is 25.8 Å². The average Bonchev–Trinajstić information content (AvgIpc) is 3.09. The number of hydrogen-bond acceptors (Lipinski definition) is 5. The number of carbonyl (C=O) groups excluding carboxylic acids is 1. The number of alkyl halides is 3. The Morgan fingerprint density at radius 3 is 1.73 bits per heavy atom. The molecule has 0 heterocycles. The molecule has 49 heavy (non-hydrogen) atoms. The summed E-state index contributed by atoms with van der Waals surface area (Å²) in [5, 5.41) is 0.591. The lowest BCUT2D eigenvalue weighted by Crippen LogP contribution is -2.16. The van der Waals surface area contributed by atoms with Gasteiger partial charge in [0, 0.05) is 22.6 Å². The molecule has 0 amide bonds. The van der Waals surface area contributed by atoms with Crippen LogP contribution >= 0.6 is 11.6 Å². The molecule has 3 aromatic carbocycles. The van der Waals surface area contributed by atoms with Crippen LogP contribution in [-0.4, -0.2) is 19.1 Å². The first-order chi connectivity index (χ1) is 23.4. The van der Waals surface area contributed by atoms with Gasteiger partial charge >= 0.3 is 12.3 Å². The number of halogens is 4. The van der Waals surface area contributed by atoms with E-state index in [9.17, 15) is 18.0 Å². The van der Waals surface area contributed by atoms with Gasteiger partial charge in [0.15, 0.2) is 0 Å². The van der Waals surface area contributed by atoms with E-state index in [0.29, 0.717) is 39.8 Å². The van der Waals surface area contributed by atoms with Crippen LogP contribution in [0.2, 0.25) is 5.02 Å². The Morgan fingerprint density at radius 2 is 1.29 bits per heavy atom. The number of aryl methyl sites for hydroxylation is 2. The fourth-order valence-corrected chi connectivity index (χ4v) is 4.38. The highest BCUT2D eigenvalue weighted by molar-refractivity contribution is 6.31. The van der Waals surface area contributed by atoms with Crippen molar-refractivity contribution >= 4 is 28.9 Å². The van der Waals surface area contributed by atoms with Crippen molar-refractivity contribution in [3.8, 4) is 17.2 Å². The maximum Gasteiger partial charge on any atom is 0.573 e. The largest absolute Gasteiger partial charge is 0.573 e. The molecule has 0 bridgehead atoms. The van der Waals surface area contributed by atoms with Crippen molar-refractivity contribution in [3.63, 3.8) is 0 Å². The van der Waals surface area contributed by atoms with E-state index < -0.39 is 6.36 Å². The zero-order chi connectivity index (χ0) is 38.2. The minimum atomic E-state index is -4.77. The third-order valence-corrected chi connectivity index (χ3v) is 6.34. The SMILES string of the molecule is C=C(C)/C(=C(/OCOC(=O)CCC)c1cc(Cl)c(CC)cc1C)c1ccc(Oc2ccc(OC(F)(F)F)cc2)cc1.CC.CC.CC.CC. The normalized spacial score (nSPS) is 10.4. The fourth-order valence-electron chi connectivity index (χ4n) is 4.08. The molecule has 0 aliphatic rings. The molecule has 0 fully saturated rings. The first kappa shape index (κ1) is 47.2. The van der Waals surface area contributed by atoms with E-state index in [1.54, 1.807) is 12.1 Å². The zero-order valence-electron chi connectivity index (χ0n) is 31.4. The van der Waals surface area contributed by atoms with Gasteiger partial charge in [-0.25, -0.2) is 0 Å². The molecule has 0 saturated carbocycles. The smallest absolute Gasteiger partial charge is 0.457 e. The van der Waals surface area contributed by atoms with Crippen LogP contribution in [0.4, 0.5) is 13.2 Å². The molecular weight excluding hydrogens is 653 g/mol. The monoisotopic (exact) mass is 708 g/mol. The molecule has 3 rings (SSSR count). The van der Waals surface area contributed by atoms with E-state index >= 15 is 0 Å². The molecule has 0 saturated heterocycles. The van der Waals surface area contributed by atoms with Gasteiger partial charge in [0.1, 0.15) is 23.0 Å². The molecule has 274 valence electrons. The van der Waals surface area contributed by atoms with Gasteiger partial charge in [0.25, 0.3) is 0 Å². The third-order valence-electron chi connectivity index (χ3n) is 5.99. The van der Waals surface area contributed by atoms with Gasteiger partial charge in [-0.15, -0.1) is 13.2 Å². The van der Waals surface area contributed by atoms with Gasteiger partial charge in [-0.2, -0.15) is 0 Å². The number of ether oxygens (including phenoxy) is 4. The van der Waals surface area contributed by atoms with Crippen LogP contribution < -0.4 is 9.47 Å².